The Labute approximate surface area is 130 Å². The molecule has 0 saturated carbocycles. The number of nitrogens with one attached hydrogen (secondary N) is 2. The van der Waals surface area contributed by atoms with E-state index < -0.39 is 5.91 Å². The summed E-state index contributed by atoms with van der Waals surface area (Å²) in [5.41, 5.74) is 5.71. The number of carbonyl (C=O) groups excluding carboxylic acids is 2. The molecule has 0 aromatic heterocycles. The van der Waals surface area contributed by atoms with Gasteiger partial charge in [0.1, 0.15) is 5.75 Å². The van der Waals surface area contributed by atoms with Crippen molar-refractivity contribution in [2.45, 2.75) is 25.7 Å². The van der Waals surface area contributed by atoms with Crippen molar-refractivity contribution < 1.29 is 14.3 Å². The summed E-state index contributed by atoms with van der Waals surface area (Å²) in [7, 11) is 0. The van der Waals surface area contributed by atoms with Gasteiger partial charge >= 0.3 is 0 Å². The van der Waals surface area contributed by atoms with Crippen LogP contribution in [0.1, 0.15) is 25.7 Å². The van der Waals surface area contributed by atoms with Crippen molar-refractivity contribution in [2.24, 2.45) is 11.7 Å². The average molecular weight is 305 g/mol. The molecule has 1 fully saturated rings. The zero-order valence-corrected chi connectivity index (χ0v) is 12.6. The zero-order valence-electron chi connectivity index (χ0n) is 12.6. The number of nitrogens with two attached hydrogens (primary N) is 1. The van der Waals surface area contributed by atoms with E-state index >= 15 is 0 Å². The van der Waals surface area contributed by atoms with Gasteiger partial charge in [-0.25, -0.2) is 0 Å². The second-order valence-electron chi connectivity index (χ2n) is 5.51. The van der Waals surface area contributed by atoms with E-state index in [4.69, 9.17) is 10.5 Å². The summed E-state index contributed by atoms with van der Waals surface area (Å²) in [6.07, 6.45) is 2.68. The molecule has 0 spiro atoms. The van der Waals surface area contributed by atoms with Gasteiger partial charge in [0.05, 0.1) is 18.7 Å². The minimum Gasteiger partial charge on any atom is -0.491 e. The van der Waals surface area contributed by atoms with Gasteiger partial charge in [-0.1, -0.05) is 12.1 Å². The Morgan fingerprint density at radius 1 is 1.32 bits per heavy atom. The predicted octanol–water partition coefficient (Wildman–Crippen LogP) is 1.27. The first kappa shape index (κ1) is 16.3. The molecule has 2 amide bonds. The van der Waals surface area contributed by atoms with Crippen LogP contribution < -0.4 is 21.1 Å². The number of para-hydroxylation sites is 2. The summed E-state index contributed by atoms with van der Waals surface area (Å²) in [5.74, 6) is 0.719. The summed E-state index contributed by atoms with van der Waals surface area (Å²) in [6, 6.07) is 7.20. The molecule has 2 rings (SSSR count). The number of carbonyl (C=O) groups is 2. The van der Waals surface area contributed by atoms with Crippen LogP contribution in [0.2, 0.25) is 0 Å². The smallest absolute Gasteiger partial charge is 0.224 e. The van der Waals surface area contributed by atoms with Crippen molar-refractivity contribution in [3.63, 3.8) is 0 Å². The maximum Gasteiger partial charge on any atom is 0.224 e. The highest BCUT2D eigenvalue weighted by molar-refractivity contribution is 5.92. The van der Waals surface area contributed by atoms with Crippen molar-refractivity contribution in [2.75, 3.05) is 25.0 Å². The normalized spacial score (nSPS) is 17.2. The summed E-state index contributed by atoms with van der Waals surface area (Å²) in [5, 5.41) is 6.17. The Hall–Kier alpha value is -2.08. The van der Waals surface area contributed by atoms with Gasteiger partial charge in [0.2, 0.25) is 11.8 Å². The van der Waals surface area contributed by atoms with E-state index in [-0.39, 0.29) is 18.9 Å². The first-order valence-corrected chi connectivity index (χ1v) is 7.66. The molecule has 22 heavy (non-hydrogen) atoms. The van der Waals surface area contributed by atoms with Crippen LogP contribution in [0, 0.1) is 5.92 Å². The summed E-state index contributed by atoms with van der Waals surface area (Å²) >= 11 is 0. The molecule has 1 aliphatic rings. The van der Waals surface area contributed by atoms with Crippen molar-refractivity contribution in [1.82, 2.24) is 5.32 Å². The van der Waals surface area contributed by atoms with Crippen molar-refractivity contribution in [3.8, 4) is 5.75 Å². The van der Waals surface area contributed by atoms with Gasteiger partial charge in [-0.05, 0) is 44.0 Å². The first-order valence-electron chi connectivity index (χ1n) is 7.66. The third-order valence-corrected chi connectivity index (χ3v) is 3.71. The molecule has 1 unspecified atom stereocenters. The van der Waals surface area contributed by atoms with Gasteiger partial charge in [0, 0.05) is 6.42 Å². The number of benzene rings is 1. The summed E-state index contributed by atoms with van der Waals surface area (Å²) < 4.78 is 5.50. The molecular formula is C16H23N3O3. The van der Waals surface area contributed by atoms with E-state index in [1.165, 1.54) is 0 Å². The third-order valence-electron chi connectivity index (χ3n) is 3.71. The molecule has 1 aromatic carbocycles. The number of amides is 2. The Morgan fingerprint density at radius 2 is 2.14 bits per heavy atom. The Bertz CT molecular complexity index is 513. The number of anilines is 1. The summed E-state index contributed by atoms with van der Waals surface area (Å²) in [6.45, 7) is 2.25. The van der Waals surface area contributed by atoms with E-state index in [1.54, 1.807) is 12.1 Å². The van der Waals surface area contributed by atoms with Crippen LogP contribution in [-0.2, 0) is 9.59 Å². The van der Waals surface area contributed by atoms with Crippen LogP contribution in [-0.4, -0.2) is 31.5 Å². The van der Waals surface area contributed by atoms with Gasteiger partial charge in [0.15, 0.2) is 0 Å². The van der Waals surface area contributed by atoms with Crippen LogP contribution in [0.25, 0.3) is 0 Å². The quantitative estimate of drug-likeness (QED) is 0.674. The van der Waals surface area contributed by atoms with Crippen molar-refractivity contribution in [1.29, 1.82) is 0 Å². The maximum absolute atomic E-state index is 12.0. The molecule has 6 nitrogen and oxygen atoms in total. The van der Waals surface area contributed by atoms with E-state index in [2.05, 4.69) is 10.6 Å². The number of ether oxygens (including phenoxy) is 1. The molecule has 4 N–H and O–H groups in total. The van der Waals surface area contributed by atoms with Crippen molar-refractivity contribution >= 4 is 17.5 Å². The second-order valence-corrected chi connectivity index (χ2v) is 5.51. The highest BCUT2D eigenvalue weighted by atomic mass is 16.5. The molecule has 0 bridgehead atoms. The molecule has 1 atom stereocenters. The monoisotopic (exact) mass is 305 g/mol. The lowest BCUT2D eigenvalue weighted by Gasteiger charge is -2.13. The zero-order chi connectivity index (χ0) is 15.8. The molecule has 1 aromatic rings. The average Bonchev–Trinajstić information content (AvgIpc) is 3.00. The Kier molecular flexibility index (Phi) is 6.21. The van der Waals surface area contributed by atoms with E-state index in [0.717, 1.165) is 25.9 Å². The molecule has 6 heteroatoms. The molecule has 1 heterocycles. The number of hydrogen-bond donors (Lipinski definition) is 3. The van der Waals surface area contributed by atoms with E-state index in [0.29, 0.717) is 23.8 Å². The van der Waals surface area contributed by atoms with Crippen LogP contribution in [0.3, 0.4) is 0 Å². The minimum atomic E-state index is -0.410. The largest absolute Gasteiger partial charge is 0.491 e. The molecule has 1 saturated heterocycles. The number of primary amides is 1. The van der Waals surface area contributed by atoms with Crippen LogP contribution in [0.4, 0.5) is 5.69 Å². The predicted molar refractivity (Wildman–Crippen MR) is 84.6 cm³/mol. The fourth-order valence-electron chi connectivity index (χ4n) is 2.47. The maximum atomic E-state index is 12.0. The van der Waals surface area contributed by atoms with Crippen molar-refractivity contribution in [3.05, 3.63) is 24.3 Å². The third kappa shape index (κ3) is 5.37. The van der Waals surface area contributed by atoms with E-state index in [9.17, 15) is 9.59 Å². The molecule has 0 radical (unpaired) electrons. The lowest BCUT2D eigenvalue weighted by Crippen LogP contribution is -2.17. The Morgan fingerprint density at radius 3 is 2.86 bits per heavy atom. The highest BCUT2D eigenvalue weighted by Gasteiger charge is 2.16. The van der Waals surface area contributed by atoms with Crippen LogP contribution in [0.15, 0.2) is 24.3 Å². The lowest BCUT2D eigenvalue weighted by molar-refractivity contribution is -0.118. The first-order chi connectivity index (χ1) is 10.6. The van der Waals surface area contributed by atoms with Crippen LogP contribution >= 0.6 is 0 Å². The molecular weight excluding hydrogens is 282 g/mol. The second kappa shape index (κ2) is 8.38. The minimum absolute atomic E-state index is 0.0159. The van der Waals surface area contributed by atoms with Gasteiger partial charge < -0.3 is 21.1 Å². The van der Waals surface area contributed by atoms with Gasteiger partial charge in [-0.3, -0.25) is 9.59 Å². The molecule has 1 aliphatic heterocycles. The topological polar surface area (TPSA) is 93.5 Å². The number of hydrogen-bond acceptors (Lipinski definition) is 4. The lowest BCUT2D eigenvalue weighted by atomic mass is 10.0. The van der Waals surface area contributed by atoms with Gasteiger partial charge in [0.25, 0.3) is 0 Å². The highest BCUT2D eigenvalue weighted by Crippen LogP contribution is 2.24. The molecule has 120 valence electrons. The molecule has 0 aliphatic carbocycles. The standard InChI is InChI=1S/C16H23N3O3/c17-15(20)8-10-22-14-4-2-1-3-13(14)19-16(21)6-5-12-7-9-18-11-12/h1-4,12,18H,5-11H2,(H2,17,20)(H,19,21). The SMILES string of the molecule is NC(=O)CCOc1ccccc1NC(=O)CCC1CCNC1. The fourth-order valence-corrected chi connectivity index (χ4v) is 2.47. The van der Waals surface area contributed by atoms with E-state index in [1.807, 2.05) is 12.1 Å². The summed E-state index contributed by atoms with van der Waals surface area (Å²) in [4.78, 5) is 22.8. The fraction of sp³-hybridized carbons (Fsp3) is 0.500. The van der Waals surface area contributed by atoms with Gasteiger partial charge in [-0.15, -0.1) is 0 Å². The number of rotatable bonds is 8. The van der Waals surface area contributed by atoms with Crippen LogP contribution in [0.5, 0.6) is 5.75 Å². The van der Waals surface area contributed by atoms with Gasteiger partial charge in [-0.2, -0.15) is 0 Å². The Balaban J connectivity index is 1.82.